The number of hydrogen-bond acceptors (Lipinski definition) is 6. The second-order valence-corrected chi connectivity index (χ2v) is 9.35. The summed E-state index contributed by atoms with van der Waals surface area (Å²) in [4.78, 5) is 25.0. The van der Waals surface area contributed by atoms with E-state index in [9.17, 15) is 14.9 Å². The van der Waals surface area contributed by atoms with Gasteiger partial charge < -0.3 is 14.2 Å². The Labute approximate surface area is 200 Å². The third-order valence-corrected chi connectivity index (χ3v) is 5.95. The molecular weight excluding hydrogens is 430 g/mol. The maximum absolute atomic E-state index is 12.9. The second kappa shape index (κ2) is 9.96. The zero-order chi connectivity index (χ0) is 24.9. The van der Waals surface area contributed by atoms with Crippen LogP contribution in [-0.4, -0.2) is 17.5 Å². The maximum Gasteiger partial charge on any atom is 0.331 e. The Morgan fingerprint density at radius 1 is 1.12 bits per heavy atom. The van der Waals surface area contributed by atoms with Gasteiger partial charge in [0.15, 0.2) is 0 Å². The fourth-order valence-electron chi connectivity index (χ4n) is 3.73. The van der Waals surface area contributed by atoms with Gasteiger partial charge >= 0.3 is 11.9 Å². The van der Waals surface area contributed by atoms with Crippen LogP contribution in [0.3, 0.4) is 0 Å². The smallest absolute Gasteiger partial charge is 0.331 e. The van der Waals surface area contributed by atoms with Gasteiger partial charge in [-0.15, -0.1) is 0 Å². The van der Waals surface area contributed by atoms with Crippen LogP contribution in [0.2, 0.25) is 0 Å². The Morgan fingerprint density at radius 2 is 1.79 bits per heavy atom. The molecule has 1 fully saturated rings. The number of ether oxygens (including phenoxy) is 3. The highest BCUT2D eigenvalue weighted by molar-refractivity contribution is 5.84. The molecule has 0 aliphatic heterocycles. The summed E-state index contributed by atoms with van der Waals surface area (Å²) in [6.45, 7) is 10.9. The van der Waals surface area contributed by atoms with E-state index in [-0.39, 0.29) is 5.92 Å². The molecule has 1 aliphatic carbocycles. The van der Waals surface area contributed by atoms with Gasteiger partial charge in [-0.3, -0.25) is 4.79 Å². The van der Waals surface area contributed by atoms with Gasteiger partial charge in [-0.2, -0.15) is 5.26 Å². The van der Waals surface area contributed by atoms with Crippen molar-refractivity contribution >= 4 is 11.9 Å². The molecule has 0 amide bonds. The largest absolute Gasteiger partial charge is 0.457 e. The first kappa shape index (κ1) is 24.8. The average Bonchev–Trinajstić information content (AvgIpc) is 3.36. The molecule has 6 heteroatoms. The van der Waals surface area contributed by atoms with Crippen LogP contribution in [-0.2, 0) is 19.1 Å². The Hall–Kier alpha value is -3.85. The lowest BCUT2D eigenvalue weighted by Gasteiger charge is -2.19. The van der Waals surface area contributed by atoms with Gasteiger partial charge in [-0.1, -0.05) is 56.8 Å². The van der Waals surface area contributed by atoms with E-state index in [1.165, 1.54) is 6.08 Å². The number of benzene rings is 2. The van der Waals surface area contributed by atoms with E-state index in [4.69, 9.17) is 14.2 Å². The summed E-state index contributed by atoms with van der Waals surface area (Å²) >= 11 is 0. The molecular formula is C28H29NO5. The Kier molecular flexibility index (Phi) is 7.26. The summed E-state index contributed by atoms with van der Waals surface area (Å²) in [5.41, 5.74) is -0.664. The van der Waals surface area contributed by atoms with Crippen LogP contribution in [0.25, 0.3) is 0 Å². The molecule has 0 aromatic heterocycles. The van der Waals surface area contributed by atoms with Crippen LogP contribution in [0, 0.1) is 28.6 Å². The third-order valence-electron chi connectivity index (χ3n) is 5.95. The number of para-hydroxylation sites is 1. The Balaban J connectivity index is 1.65. The monoisotopic (exact) mass is 459 g/mol. The van der Waals surface area contributed by atoms with Crippen LogP contribution < -0.4 is 4.74 Å². The maximum atomic E-state index is 12.9. The normalized spacial score (nSPS) is 19.5. The van der Waals surface area contributed by atoms with Crippen LogP contribution >= 0.6 is 0 Å². The van der Waals surface area contributed by atoms with Gasteiger partial charge in [-0.25, -0.2) is 4.79 Å². The SMILES string of the molecule is C=CC(C)(C)OC(=O)/C=C\[C@H]1[C@@H](C(=O)O[C@H](C#N)c2cccc(Oc3ccccc3)c2)C1(C)C. The number of rotatable bonds is 9. The minimum absolute atomic E-state index is 0.202. The van der Waals surface area contributed by atoms with E-state index in [1.807, 2.05) is 50.2 Å². The van der Waals surface area contributed by atoms with Gasteiger partial charge in [0.25, 0.3) is 0 Å². The Morgan fingerprint density at radius 3 is 2.44 bits per heavy atom. The van der Waals surface area contributed by atoms with Crippen molar-refractivity contribution in [3.05, 3.63) is 85.0 Å². The molecule has 34 heavy (non-hydrogen) atoms. The van der Waals surface area contributed by atoms with E-state index in [2.05, 4.69) is 6.58 Å². The van der Waals surface area contributed by atoms with E-state index in [0.717, 1.165) is 0 Å². The Bertz CT molecular complexity index is 1130. The molecule has 6 nitrogen and oxygen atoms in total. The highest BCUT2D eigenvalue weighted by Gasteiger charge is 2.61. The number of nitrogens with zero attached hydrogens (tertiary/aromatic N) is 1. The summed E-state index contributed by atoms with van der Waals surface area (Å²) < 4.78 is 16.7. The van der Waals surface area contributed by atoms with Crippen molar-refractivity contribution in [3.63, 3.8) is 0 Å². The summed E-state index contributed by atoms with van der Waals surface area (Å²) in [6, 6.07) is 18.2. The van der Waals surface area contributed by atoms with E-state index < -0.39 is 35.0 Å². The lowest BCUT2D eigenvalue weighted by molar-refractivity contribution is -0.150. The average molecular weight is 460 g/mol. The van der Waals surface area contributed by atoms with Crippen LogP contribution in [0.1, 0.15) is 39.4 Å². The predicted octanol–water partition coefficient (Wildman–Crippen LogP) is 5.92. The molecule has 2 aromatic carbocycles. The van der Waals surface area contributed by atoms with Crippen molar-refractivity contribution in [2.45, 2.75) is 39.4 Å². The quantitative estimate of drug-likeness (QED) is 0.263. The number of carbonyl (C=O) groups is 2. The van der Waals surface area contributed by atoms with Crippen molar-refractivity contribution in [2.24, 2.45) is 17.3 Å². The summed E-state index contributed by atoms with van der Waals surface area (Å²) in [6.07, 6.45) is 3.47. The first-order chi connectivity index (χ1) is 16.1. The molecule has 1 saturated carbocycles. The fraction of sp³-hybridized carbons (Fsp3) is 0.321. The van der Waals surface area contributed by atoms with E-state index in [0.29, 0.717) is 17.1 Å². The fourth-order valence-corrected chi connectivity index (χ4v) is 3.73. The third kappa shape index (κ3) is 5.93. The van der Waals surface area contributed by atoms with Crippen molar-refractivity contribution in [1.82, 2.24) is 0 Å². The van der Waals surface area contributed by atoms with Crippen LogP contribution in [0.4, 0.5) is 0 Å². The van der Waals surface area contributed by atoms with E-state index >= 15 is 0 Å². The minimum Gasteiger partial charge on any atom is -0.457 e. The number of allylic oxidation sites excluding steroid dienone is 1. The molecule has 176 valence electrons. The molecule has 3 rings (SSSR count). The lowest BCUT2D eigenvalue weighted by Crippen LogP contribution is -2.24. The van der Waals surface area contributed by atoms with Crippen LogP contribution in [0.15, 0.2) is 79.4 Å². The molecule has 0 bridgehead atoms. The first-order valence-corrected chi connectivity index (χ1v) is 11.0. The standard InChI is InChI=1S/C28H29NO5/c1-6-27(2,3)34-24(30)16-15-22-25(28(22,4)5)26(31)33-23(18-29)19-11-10-14-21(17-19)32-20-12-8-7-9-13-20/h6-17,22-23,25H,1H2,2-5H3/b16-15-/t22-,23+,25-/m0/s1. The number of carbonyl (C=O) groups excluding carboxylic acids is 2. The molecule has 3 atom stereocenters. The van der Waals surface area contributed by atoms with Crippen molar-refractivity contribution < 1.29 is 23.8 Å². The van der Waals surface area contributed by atoms with E-state index in [1.54, 1.807) is 50.3 Å². The molecule has 0 saturated heterocycles. The van der Waals surface area contributed by atoms with Crippen molar-refractivity contribution in [1.29, 1.82) is 5.26 Å². The summed E-state index contributed by atoms with van der Waals surface area (Å²) in [5.74, 6) is -0.469. The van der Waals surface area contributed by atoms with Crippen molar-refractivity contribution in [3.8, 4) is 17.6 Å². The highest BCUT2D eigenvalue weighted by Crippen LogP contribution is 2.59. The van der Waals surface area contributed by atoms with Gasteiger partial charge in [0.05, 0.1) is 5.92 Å². The lowest BCUT2D eigenvalue weighted by atomic mass is 10.1. The molecule has 2 aromatic rings. The summed E-state index contributed by atoms with van der Waals surface area (Å²) in [7, 11) is 0. The molecule has 0 N–H and O–H groups in total. The number of nitriles is 1. The molecule has 0 unspecified atom stereocenters. The van der Waals surface area contributed by atoms with Gasteiger partial charge in [0, 0.05) is 11.6 Å². The minimum atomic E-state index is -1.08. The summed E-state index contributed by atoms with van der Waals surface area (Å²) in [5, 5.41) is 9.66. The molecule has 0 spiro atoms. The highest BCUT2D eigenvalue weighted by atomic mass is 16.6. The molecule has 1 aliphatic rings. The van der Waals surface area contributed by atoms with Gasteiger partial charge in [0.1, 0.15) is 23.2 Å². The molecule has 0 heterocycles. The number of esters is 2. The van der Waals surface area contributed by atoms with Gasteiger partial charge in [-0.05, 0) is 55.5 Å². The topological polar surface area (TPSA) is 85.6 Å². The number of hydrogen-bond donors (Lipinski definition) is 0. The van der Waals surface area contributed by atoms with Crippen molar-refractivity contribution in [2.75, 3.05) is 0 Å². The second-order valence-electron chi connectivity index (χ2n) is 9.35. The van der Waals surface area contributed by atoms with Crippen LogP contribution in [0.5, 0.6) is 11.5 Å². The molecule has 0 radical (unpaired) electrons. The zero-order valence-electron chi connectivity index (χ0n) is 19.9. The predicted molar refractivity (Wildman–Crippen MR) is 128 cm³/mol. The first-order valence-electron chi connectivity index (χ1n) is 11.0. The van der Waals surface area contributed by atoms with Gasteiger partial charge in [0.2, 0.25) is 6.10 Å². The zero-order valence-corrected chi connectivity index (χ0v) is 19.9.